The van der Waals surface area contributed by atoms with Gasteiger partial charge in [0.2, 0.25) is 0 Å². The maximum absolute atomic E-state index is 13.2. The molecular formula is C13H11FN4O. The second kappa shape index (κ2) is 4.31. The molecule has 3 aromatic rings. The van der Waals surface area contributed by atoms with E-state index in [0.29, 0.717) is 34.1 Å². The van der Waals surface area contributed by atoms with Crippen LogP contribution in [0.3, 0.4) is 0 Å². The van der Waals surface area contributed by atoms with Gasteiger partial charge in [0, 0.05) is 5.69 Å². The SMILES string of the molecule is Cc1nc(Nc2cccc(F)c2)c2c(C)noc2n1. The van der Waals surface area contributed by atoms with E-state index in [4.69, 9.17) is 4.52 Å². The molecule has 0 amide bonds. The second-order valence-corrected chi connectivity index (χ2v) is 4.20. The number of nitrogens with one attached hydrogen (secondary N) is 1. The normalized spacial score (nSPS) is 10.9. The van der Waals surface area contributed by atoms with E-state index in [0.717, 1.165) is 0 Å². The molecule has 0 fully saturated rings. The molecule has 0 saturated carbocycles. The second-order valence-electron chi connectivity index (χ2n) is 4.20. The third kappa shape index (κ3) is 2.12. The van der Waals surface area contributed by atoms with Gasteiger partial charge in [-0.2, -0.15) is 4.98 Å². The van der Waals surface area contributed by atoms with Crippen molar-refractivity contribution in [1.82, 2.24) is 15.1 Å². The van der Waals surface area contributed by atoms with Gasteiger partial charge >= 0.3 is 0 Å². The number of anilines is 2. The number of hydrogen-bond donors (Lipinski definition) is 1. The summed E-state index contributed by atoms with van der Waals surface area (Å²) in [7, 11) is 0. The summed E-state index contributed by atoms with van der Waals surface area (Å²) >= 11 is 0. The number of halogens is 1. The summed E-state index contributed by atoms with van der Waals surface area (Å²) in [5.41, 5.74) is 1.72. The lowest BCUT2D eigenvalue weighted by atomic mass is 10.2. The Morgan fingerprint density at radius 3 is 2.84 bits per heavy atom. The van der Waals surface area contributed by atoms with Crippen molar-refractivity contribution >= 4 is 22.6 Å². The topological polar surface area (TPSA) is 63.8 Å². The van der Waals surface area contributed by atoms with Gasteiger partial charge in [0.25, 0.3) is 5.71 Å². The van der Waals surface area contributed by atoms with Crippen LogP contribution in [0.2, 0.25) is 0 Å². The summed E-state index contributed by atoms with van der Waals surface area (Å²) in [6.07, 6.45) is 0. The van der Waals surface area contributed by atoms with Crippen molar-refractivity contribution in [1.29, 1.82) is 0 Å². The first-order valence-corrected chi connectivity index (χ1v) is 5.77. The zero-order chi connectivity index (χ0) is 13.4. The molecule has 0 saturated heterocycles. The van der Waals surface area contributed by atoms with E-state index < -0.39 is 0 Å². The minimum Gasteiger partial charge on any atom is -0.339 e. The standard InChI is InChI=1S/C13H11FN4O/c1-7-11-12(15-8(2)16-13(11)19-18-7)17-10-5-3-4-9(14)6-10/h3-6H,1-2H3,(H,15,16,17). The third-order valence-electron chi connectivity index (χ3n) is 2.71. The van der Waals surface area contributed by atoms with Gasteiger partial charge in [0.05, 0.1) is 5.69 Å². The Bertz CT molecular complexity index is 753. The zero-order valence-electron chi connectivity index (χ0n) is 10.4. The van der Waals surface area contributed by atoms with Gasteiger partial charge < -0.3 is 9.84 Å². The van der Waals surface area contributed by atoms with Crippen LogP contribution in [0.1, 0.15) is 11.5 Å². The summed E-state index contributed by atoms with van der Waals surface area (Å²) in [6.45, 7) is 3.56. The van der Waals surface area contributed by atoms with Crippen molar-refractivity contribution in [2.75, 3.05) is 5.32 Å². The average Bonchev–Trinajstić information content (AvgIpc) is 2.71. The number of benzene rings is 1. The van der Waals surface area contributed by atoms with Crippen LogP contribution >= 0.6 is 0 Å². The lowest BCUT2D eigenvalue weighted by Crippen LogP contribution is -1.98. The molecule has 1 aromatic carbocycles. The molecule has 19 heavy (non-hydrogen) atoms. The van der Waals surface area contributed by atoms with E-state index in [-0.39, 0.29) is 5.82 Å². The lowest BCUT2D eigenvalue weighted by molar-refractivity contribution is 0.442. The predicted octanol–water partition coefficient (Wildman–Crippen LogP) is 3.12. The van der Waals surface area contributed by atoms with Crippen LogP contribution < -0.4 is 5.32 Å². The number of aromatic nitrogens is 3. The Morgan fingerprint density at radius 1 is 1.21 bits per heavy atom. The van der Waals surface area contributed by atoms with Crippen LogP contribution in [0.25, 0.3) is 11.1 Å². The molecule has 0 radical (unpaired) electrons. The molecule has 0 unspecified atom stereocenters. The van der Waals surface area contributed by atoms with Gasteiger partial charge in [-0.1, -0.05) is 11.2 Å². The summed E-state index contributed by atoms with van der Waals surface area (Å²) in [5.74, 6) is 0.809. The Hall–Kier alpha value is -2.50. The van der Waals surface area contributed by atoms with E-state index in [1.807, 2.05) is 0 Å². The van der Waals surface area contributed by atoms with Gasteiger partial charge in [0.15, 0.2) is 0 Å². The van der Waals surface area contributed by atoms with Gasteiger partial charge in [-0.15, -0.1) is 0 Å². The van der Waals surface area contributed by atoms with Crippen molar-refractivity contribution < 1.29 is 8.91 Å². The Morgan fingerprint density at radius 2 is 2.05 bits per heavy atom. The Balaban J connectivity index is 2.11. The van der Waals surface area contributed by atoms with Crippen molar-refractivity contribution in [2.45, 2.75) is 13.8 Å². The molecule has 5 nitrogen and oxygen atoms in total. The summed E-state index contributed by atoms with van der Waals surface area (Å²) in [4.78, 5) is 8.48. The average molecular weight is 258 g/mol. The van der Waals surface area contributed by atoms with Crippen molar-refractivity contribution in [3.63, 3.8) is 0 Å². The van der Waals surface area contributed by atoms with Crippen LogP contribution in [-0.2, 0) is 0 Å². The zero-order valence-corrected chi connectivity index (χ0v) is 10.4. The molecule has 0 aliphatic heterocycles. The van der Waals surface area contributed by atoms with Gasteiger partial charge in [0.1, 0.15) is 22.8 Å². The van der Waals surface area contributed by atoms with Crippen molar-refractivity contribution in [2.24, 2.45) is 0 Å². The molecule has 0 atom stereocenters. The molecule has 0 aliphatic carbocycles. The van der Waals surface area contributed by atoms with Crippen LogP contribution in [0.4, 0.5) is 15.9 Å². The molecule has 1 N–H and O–H groups in total. The quantitative estimate of drug-likeness (QED) is 0.765. The minimum absolute atomic E-state index is 0.311. The molecule has 2 aromatic heterocycles. The fraction of sp³-hybridized carbons (Fsp3) is 0.154. The van der Waals surface area contributed by atoms with Crippen LogP contribution in [0.15, 0.2) is 28.8 Å². The lowest BCUT2D eigenvalue weighted by Gasteiger charge is -2.07. The first-order chi connectivity index (χ1) is 9.13. The predicted molar refractivity (Wildman–Crippen MR) is 68.8 cm³/mol. The highest BCUT2D eigenvalue weighted by Crippen LogP contribution is 2.26. The minimum atomic E-state index is -0.311. The number of hydrogen-bond acceptors (Lipinski definition) is 5. The smallest absolute Gasteiger partial charge is 0.263 e. The Labute approximate surface area is 108 Å². The number of rotatable bonds is 2. The largest absolute Gasteiger partial charge is 0.339 e. The van der Waals surface area contributed by atoms with Gasteiger partial charge in [-0.25, -0.2) is 9.37 Å². The monoisotopic (exact) mass is 258 g/mol. The fourth-order valence-corrected chi connectivity index (χ4v) is 1.89. The molecule has 0 bridgehead atoms. The maximum Gasteiger partial charge on any atom is 0.263 e. The summed E-state index contributed by atoms with van der Waals surface area (Å²) in [5, 5.41) is 7.63. The van der Waals surface area contributed by atoms with Crippen molar-refractivity contribution in [3.05, 3.63) is 41.6 Å². The molecular weight excluding hydrogens is 247 g/mol. The number of nitrogens with zero attached hydrogens (tertiary/aromatic N) is 3. The van der Waals surface area contributed by atoms with E-state index in [1.54, 1.807) is 26.0 Å². The molecule has 6 heteroatoms. The summed E-state index contributed by atoms with van der Waals surface area (Å²) < 4.78 is 18.3. The molecule has 3 rings (SSSR count). The fourth-order valence-electron chi connectivity index (χ4n) is 1.89. The van der Waals surface area contributed by atoms with Crippen LogP contribution in [0.5, 0.6) is 0 Å². The van der Waals surface area contributed by atoms with Gasteiger partial charge in [-0.3, -0.25) is 0 Å². The molecule has 0 aliphatic rings. The van der Waals surface area contributed by atoms with Crippen molar-refractivity contribution in [3.8, 4) is 0 Å². The van der Waals surface area contributed by atoms with Crippen LogP contribution in [0, 0.1) is 19.7 Å². The van der Waals surface area contributed by atoms with E-state index in [1.165, 1.54) is 12.1 Å². The highest BCUT2D eigenvalue weighted by atomic mass is 19.1. The van der Waals surface area contributed by atoms with E-state index in [9.17, 15) is 4.39 Å². The third-order valence-corrected chi connectivity index (χ3v) is 2.71. The number of aryl methyl sites for hydroxylation is 2. The summed E-state index contributed by atoms with van der Waals surface area (Å²) in [6, 6.07) is 6.17. The van der Waals surface area contributed by atoms with Crippen LogP contribution in [-0.4, -0.2) is 15.1 Å². The number of fused-ring (bicyclic) bond motifs is 1. The van der Waals surface area contributed by atoms with Gasteiger partial charge in [-0.05, 0) is 32.0 Å². The van der Waals surface area contributed by atoms with E-state index in [2.05, 4.69) is 20.4 Å². The molecule has 0 spiro atoms. The Kier molecular flexibility index (Phi) is 2.63. The first-order valence-electron chi connectivity index (χ1n) is 5.77. The maximum atomic E-state index is 13.2. The molecule has 2 heterocycles. The highest BCUT2D eigenvalue weighted by Gasteiger charge is 2.13. The van der Waals surface area contributed by atoms with E-state index >= 15 is 0 Å². The first kappa shape index (κ1) is 11.6. The molecule has 96 valence electrons. The highest BCUT2D eigenvalue weighted by molar-refractivity contribution is 5.89.